The first kappa shape index (κ1) is 26.1. The molecule has 8 saturated carbocycles. The fourth-order valence-electron chi connectivity index (χ4n) is 9.93. The van der Waals surface area contributed by atoms with Crippen molar-refractivity contribution in [1.82, 2.24) is 4.90 Å². The lowest BCUT2D eigenvalue weighted by Gasteiger charge is -2.56. The van der Waals surface area contributed by atoms with Gasteiger partial charge in [-0.25, -0.2) is 19.3 Å². The van der Waals surface area contributed by atoms with Crippen LogP contribution in [0.1, 0.15) is 77.0 Å². The normalized spacial score (nSPS) is 38.1. The third-order valence-corrected chi connectivity index (χ3v) is 10.6. The maximum absolute atomic E-state index is 13.7. The predicted molar refractivity (Wildman–Crippen MR) is 141 cm³/mol. The highest BCUT2D eigenvalue weighted by atomic mass is 16.8. The standard InChI is InChI=1S/C30H37N2O8/c33-26(38-25-3-1-24(2-4-25)32(36)37)17-31(27(34)39-29-11-18-5-19(12-29)7-20(6-18)13-29)28(35)40-30-14-21-8-22(15-30)10-23(9-21)16-30/h1-4,18-23,36H,5-17H2/q-1. The lowest BCUT2D eigenvalue weighted by molar-refractivity contribution is -0.148. The minimum atomic E-state index is -0.841. The van der Waals surface area contributed by atoms with E-state index in [0.29, 0.717) is 35.5 Å². The molecular formula is C30H37N2O8-. The van der Waals surface area contributed by atoms with Gasteiger partial charge in [-0.3, -0.25) is 5.21 Å². The van der Waals surface area contributed by atoms with Crippen molar-refractivity contribution in [3.05, 3.63) is 29.5 Å². The van der Waals surface area contributed by atoms with Gasteiger partial charge >= 0.3 is 18.2 Å². The summed E-state index contributed by atoms with van der Waals surface area (Å²) in [4.78, 5) is 41.1. The number of hydrogen-bond acceptors (Lipinski definition) is 9. The van der Waals surface area contributed by atoms with Gasteiger partial charge in [0.2, 0.25) is 0 Å². The van der Waals surface area contributed by atoms with E-state index < -0.39 is 35.9 Å². The lowest BCUT2D eigenvalue weighted by atomic mass is 9.54. The van der Waals surface area contributed by atoms with Gasteiger partial charge in [0, 0.05) is 0 Å². The van der Waals surface area contributed by atoms with Gasteiger partial charge in [0.05, 0.1) is 5.69 Å². The third-order valence-electron chi connectivity index (χ3n) is 10.6. The molecular weight excluding hydrogens is 516 g/mol. The number of hydrogen-bond donors (Lipinski definition) is 1. The zero-order chi connectivity index (χ0) is 27.6. The Morgan fingerprint density at radius 2 is 1.10 bits per heavy atom. The van der Waals surface area contributed by atoms with Crippen LogP contribution in [0.2, 0.25) is 0 Å². The number of esters is 1. The SMILES string of the molecule is O=C(CN(C(=O)OC12CC3CC(CC(C3)C1)C2)C(=O)OC12CC3CC(CC(C3)C1)C2)Oc1ccc(N([O-])O)cc1. The van der Waals surface area contributed by atoms with Crippen LogP contribution in [0.25, 0.3) is 0 Å². The second kappa shape index (κ2) is 9.62. The highest BCUT2D eigenvalue weighted by Crippen LogP contribution is 2.58. The molecule has 216 valence electrons. The minimum Gasteiger partial charge on any atom is -0.733 e. The van der Waals surface area contributed by atoms with Crippen LogP contribution in [0.5, 0.6) is 5.75 Å². The Bertz CT molecular complexity index is 1050. The number of imide groups is 1. The summed E-state index contributed by atoms with van der Waals surface area (Å²) in [6.45, 7) is -0.647. The highest BCUT2D eigenvalue weighted by Gasteiger charge is 2.56. The number of rotatable bonds is 6. The monoisotopic (exact) mass is 553 g/mol. The van der Waals surface area contributed by atoms with E-state index in [1.54, 1.807) is 0 Å². The van der Waals surface area contributed by atoms with Crippen molar-refractivity contribution in [1.29, 1.82) is 0 Å². The fraction of sp³-hybridized carbons (Fsp3) is 0.700. The summed E-state index contributed by atoms with van der Waals surface area (Å²) in [5.74, 6) is 2.55. The van der Waals surface area contributed by atoms with Gasteiger partial charge in [-0.15, -0.1) is 0 Å². The van der Waals surface area contributed by atoms with Gasteiger partial charge in [0.15, 0.2) is 0 Å². The van der Waals surface area contributed by atoms with Gasteiger partial charge in [-0.05, 0) is 137 Å². The van der Waals surface area contributed by atoms with E-state index >= 15 is 0 Å². The summed E-state index contributed by atoms with van der Waals surface area (Å²) in [5.41, 5.74) is -1.20. The molecule has 2 amide bonds. The molecule has 0 aliphatic heterocycles. The molecule has 0 radical (unpaired) electrons. The Labute approximate surface area is 233 Å². The van der Waals surface area contributed by atoms with E-state index in [-0.39, 0.29) is 16.7 Å². The minimum absolute atomic E-state index is 0.0280. The number of nitrogens with zero attached hydrogens (tertiary/aromatic N) is 2. The third kappa shape index (κ3) is 4.93. The molecule has 0 saturated heterocycles. The summed E-state index contributed by atoms with van der Waals surface area (Å²) >= 11 is 0. The van der Waals surface area contributed by atoms with Crippen LogP contribution in [0.4, 0.5) is 15.3 Å². The molecule has 10 heteroatoms. The average Bonchev–Trinajstić information content (AvgIpc) is 2.85. The van der Waals surface area contributed by atoms with Crippen LogP contribution in [0.15, 0.2) is 24.3 Å². The van der Waals surface area contributed by atoms with E-state index in [2.05, 4.69) is 0 Å². The molecule has 8 bridgehead atoms. The molecule has 0 unspecified atom stereocenters. The van der Waals surface area contributed by atoms with Gasteiger partial charge in [0.1, 0.15) is 23.5 Å². The molecule has 0 spiro atoms. The summed E-state index contributed by atoms with van der Waals surface area (Å²) in [6, 6.07) is 5.27. The van der Waals surface area contributed by atoms with E-state index in [1.807, 2.05) is 0 Å². The Morgan fingerprint density at radius 3 is 1.45 bits per heavy atom. The van der Waals surface area contributed by atoms with E-state index in [1.165, 1.54) is 62.8 Å². The van der Waals surface area contributed by atoms with Crippen LogP contribution in [-0.4, -0.2) is 46.0 Å². The molecule has 10 nitrogen and oxygen atoms in total. The topological polar surface area (TPSA) is 129 Å². The van der Waals surface area contributed by atoms with E-state index in [4.69, 9.17) is 19.4 Å². The van der Waals surface area contributed by atoms with Crippen LogP contribution in [0.3, 0.4) is 0 Å². The van der Waals surface area contributed by atoms with Crippen LogP contribution >= 0.6 is 0 Å². The van der Waals surface area contributed by atoms with Gasteiger partial charge in [0.25, 0.3) is 0 Å². The number of amides is 2. The fourth-order valence-corrected chi connectivity index (χ4v) is 9.93. The molecule has 1 N–H and O–H groups in total. The number of carbonyl (C=O) groups excluding carboxylic acids is 3. The molecule has 8 aliphatic rings. The Hall–Kier alpha value is -2.85. The first-order chi connectivity index (χ1) is 19.1. The Balaban J connectivity index is 1.08. The summed E-state index contributed by atoms with van der Waals surface area (Å²) in [7, 11) is 0. The van der Waals surface area contributed by atoms with E-state index in [9.17, 15) is 19.6 Å². The predicted octanol–water partition coefficient (Wildman–Crippen LogP) is 5.80. The molecule has 0 atom stereocenters. The maximum Gasteiger partial charge on any atom is 0.420 e. The van der Waals surface area contributed by atoms with Gasteiger partial charge in [-0.1, -0.05) is 0 Å². The Kier molecular flexibility index (Phi) is 6.27. The molecule has 8 aliphatic carbocycles. The first-order valence-corrected chi connectivity index (χ1v) is 14.9. The molecule has 0 aromatic heterocycles. The quantitative estimate of drug-likeness (QED) is 0.264. The van der Waals surface area contributed by atoms with Crippen LogP contribution in [-0.2, 0) is 14.3 Å². The van der Waals surface area contributed by atoms with Crippen molar-refractivity contribution < 1.29 is 33.8 Å². The molecule has 9 rings (SSSR count). The second-order valence-corrected chi connectivity index (χ2v) is 13.8. The first-order valence-electron chi connectivity index (χ1n) is 14.9. The van der Waals surface area contributed by atoms with Crippen LogP contribution < -0.4 is 9.96 Å². The second-order valence-electron chi connectivity index (χ2n) is 13.8. The van der Waals surface area contributed by atoms with Gasteiger partial charge < -0.3 is 24.6 Å². The van der Waals surface area contributed by atoms with Crippen molar-refractivity contribution in [2.24, 2.45) is 35.5 Å². The zero-order valence-corrected chi connectivity index (χ0v) is 22.7. The number of benzene rings is 1. The van der Waals surface area contributed by atoms with Crippen molar-refractivity contribution in [2.75, 3.05) is 11.8 Å². The highest BCUT2D eigenvalue weighted by molar-refractivity contribution is 5.92. The van der Waals surface area contributed by atoms with Crippen molar-refractivity contribution in [2.45, 2.75) is 88.3 Å². The summed E-state index contributed by atoms with van der Waals surface area (Å²) < 4.78 is 17.7. The van der Waals surface area contributed by atoms with Crippen molar-refractivity contribution in [3.63, 3.8) is 0 Å². The maximum atomic E-state index is 13.7. The smallest absolute Gasteiger partial charge is 0.420 e. The summed E-state index contributed by atoms with van der Waals surface area (Å²) in [5, 5.41) is 19.8. The van der Waals surface area contributed by atoms with Gasteiger partial charge in [-0.2, -0.15) is 0 Å². The average molecular weight is 554 g/mol. The number of carbonyl (C=O) groups is 3. The molecule has 8 fully saturated rings. The van der Waals surface area contributed by atoms with Crippen molar-refractivity contribution in [3.8, 4) is 5.75 Å². The number of ether oxygens (including phenoxy) is 3. The molecule has 0 heterocycles. The van der Waals surface area contributed by atoms with Crippen LogP contribution in [0, 0.1) is 40.7 Å². The summed E-state index contributed by atoms with van der Waals surface area (Å²) in [6.07, 6.45) is 10.2. The lowest BCUT2D eigenvalue weighted by Crippen LogP contribution is -2.57. The Morgan fingerprint density at radius 1 is 0.725 bits per heavy atom. The molecule has 1 aromatic rings. The van der Waals surface area contributed by atoms with Crippen molar-refractivity contribution >= 4 is 23.8 Å². The largest absolute Gasteiger partial charge is 0.733 e. The van der Waals surface area contributed by atoms with E-state index in [0.717, 1.165) is 43.4 Å². The zero-order valence-electron chi connectivity index (χ0n) is 22.7. The molecule has 40 heavy (non-hydrogen) atoms. The molecule has 1 aromatic carbocycles. The number of anilines is 1.